The Kier molecular flexibility index (Phi) is 3.20. The van der Waals surface area contributed by atoms with Crippen LogP contribution in [-0.2, 0) is 4.79 Å². The van der Waals surface area contributed by atoms with Gasteiger partial charge in [-0.25, -0.2) is 10.0 Å². The van der Waals surface area contributed by atoms with Crippen LogP contribution in [0, 0.1) is 0 Å². The number of carbonyl (C=O) groups excluding carboxylic acids is 1. The van der Waals surface area contributed by atoms with Crippen LogP contribution in [-0.4, -0.2) is 68.0 Å². The molecule has 0 aromatic rings. The molecule has 1 unspecified atom stereocenters. The van der Waals surface area contributed by atoms with Crippen molar-refractivity contribution >= 4 is 6.29 Å². The number of likely N-dealkylation sites (N-methyl/N-ethyl adjacent to an activating group) is 1. The first-order valence-corrected chi connectivity index (χ1v) is 4.23. The molecule has 70 valence electrons. The van der Waals surface area contributed by atoms with Crippen molar-refractivity contribution in [2.45, 2.75) is 6.04 Å². The van der Waals surface area contributed by atoms with Gasteiger partial charge in [0.2, 0.25) is 0 Å². The maximum atomic E-state index is 10.7. The smallest absolute Gasteiger partial charge is 0.139 e. The van der Waals surface area contributed by atoms with Crippen LogP contribution in [0.15, 0.2) is 0 Å². The summed E-state index contributed by atoms with van der Waals surface area (Å²) in [6.45, 7) is 2.80. The summed E-state index contributed by atoms with van der Waals surface area (Å²) in [5.74, 6) is 0. The van der Waals surface area contributed by atoms with Gasteiger partial charge in [0.1, 0.15) is 6.29 Å². The van der Waals surface area contributed by atoms with Crippen molar-refractivity contribution < 1.29 is 4.79 Å². The van der Waals surface area contributed by atoms with Gasteiger partial charge in [0.25, 0.3) is 0 Å². The van der Waals surface area contributed by atoms with Crippen LogP contribution in [0.1, 0.15) is 0 Å². The minimum atomic E-state index is 0.0266. The molecule has 4 nitrogen and oxygen atoms in total. The molecule has 0 radical (unpaired) electrons. The van der Waals surface area contributed by atoms with Gasteiger partial charge >= 0.3 is 0 Å². The molecule has 1 fully saturated rings. The minimum absolute atomic E-state index is 0.0266. The second kappa shape index (κ2) is 3.98. The van der Waals surface area contributed by atoms with Crippen molar-refractivity contribution in [2.24, 2.45) is 0 Å². The molecule has 0 amide bonds. The Labute approximate surface area is 73.7 Å². The zero-order chi connectivity index (χ0) is 9.14. The third-order valence-electron chi connectivity index (χ3n) is 2.26. The molecule has 12 heavy (non-hydrogen) atoms. The summed E-state index contributed by atoms with van der Waals surface area (Å²) in [6, 6.07) is 0.0266. The number of piperazine rings is 1. The van der Waals surface area contributed by atoms with E-state index in [2.05, 4.69) is 9.91 Å². The van der Waals surface area contributed by atoms with Gasteiger partial charge in [-0.2, -0.15) is 0 Å². The molecule has 0 bridgehead atoms. The molecule has 4 heteroatoms. The highest BCUT2D eigenvalue weighted by Crippen LogP contribution is 2.06. The number of hydrogen-bond acceptors (Lipinski definition) is 4. The molecule has 1 aliphatic rings. The first-order chi connectivity index (χ1) is 5.65. The van der Waals surface area contributed by atoms with Gasteiger partial charge in [-0.05, 0) is 7.05 Å². The van der Waals surface area contributed by atoms with Crippen molar-refractivity contribution in [1.82, 2.24) is 14.9 Å². The van der Waals surface area contributed by atoms with Crippen LogP contribution in [0.5, 0.6) is 0 Å². The highest BCUT2D eigenvalue weighted by Gasteiger charge is 2.25. The zero-order valence-electron chi connectivity index (χ0n) is 8.03. The van der Waals surface area contributed by atoms with E-state index in [4.69, 9.17) is 0 Å². The molecule has 1 saturated heterocycles. The third kappa shape index (κ3) is 2.03. The Morgan fingerprint density at radius 3 is 2.58 bits per heavy atom. The maximum absolute atomic E-state index is 10.7. The van der Waals surface area contributed by atoms with Crippen molar-refractivity contribution in [3.8, 4) is 0 Å². The van der Waals surface area contributed by atoms with E-state index in [1.54, 1.807) is 0 Å². The fourth-order valence-electron chi connectivity index (χ4n) is 1.55. The highest BCUT2D eigenvalue weighted by molar-refractivity contribution is 5.58. The summed E-state index contributed by atoms with van der Waals surface area (Å²) in [7, 11) is 5.99. The van der Waals surface area contributed by atoms with Gasteiger partial charge in [0.15, 0.2) is 0 Å². The van der Waals surface area contributed by atoms with Gasteiger partial charge < -0.3 is 9.69 Å². The Morgan fingerprint density at radius 1 is 1.42 bits per heavy atom. The molecular formula is C8H17N3O. The number of carbonyl (C=O) groups is 1. The number of hydrazine groups is 1. The molecule has 0 spiro atoms. The minimum Gasteiger partial charge on any atom is -0.303 e. The van der Waals surface area contributed by atoms with Crippen LogP contribution in [0.4, 0.5) is 0 Å². The lowest BCUT2D eigenvalue weighted by molar-refractivity contribution is -0.124. The molecule has 0 N–H and O–H groups in total. The Morgan fingerprint density at radius 2 is 2.08 bits per heavy atom. The normalized spacial score (nSPS) is 27.8. The quantitative estimate of drug-likeness (QED) is 0.512. The van der Waals surface area contributed by atoms with Crippen LogP contribution < -0.4 is 0 Å². The lowest BCUT2D eigenvalue weighted by Crippen LogP contribution is -2.57. The fourth-order valence-corrected chi connectivity index (χ4v) is 1.55. The Hall–Kier alpha value is -0.450. The molecule has 0 aromatic heterocycles. The number of hydrogen-bond donors (Lipinski definition) is 0. The average molecular weight is 171 g/mol. The van der Waals surface area contributed by atoms with Crippen molar-refractivity contribution in [2.75, 3.05) is 40.8 Å². The predicted molar refractivity (Wildman–Crippen MR) is 47.7 cm³/mol. The number of nitrogens with zero attached hydrogens (tertiary/aromatic N) is 3. The zero-order valence-corrected chi connectivity index (χ0v) is 8.03. The van der Waals surface area contributed by atoms with Crippen molar-refractivity contribution in [3.63, 3.8) is 0 Å². The molecule has 1 rings (SSSR count). The first-order valence-electron chi connectivity index (χ1n) is 4.23. The summed E-state index contributed by atoms with van der Waals surface area (Å²) in [4.78, 5) is 12.9. The second-order valence-corrected chi connectivity index (χ2v) is 3.48. The predicted octanol–water partition coefficient (Wildman–Crippen LogP) is -0.722. The highest BCUT2D eigenvalue weighted by atomic mass is 16.1. The average Bonchev–Trinajstić information content (AvgIpc) is 2.03. The van der Waals surface area contributed by atoms with E-state index in [1.807, 2.05) is 26.2 Å². The molecule has 1 heterocycles. The summed E-state index contributed by atoms with van der Waals surface area (Å²) in [6.07, 6.45) is 1.02. The van der Waals surface area contributed by atoms with Crippen LogP contribution in [0.3, 0.4) is 0 Å². The maximum Gasteiger partial charge on any atom is 0.139 e. The van der Waals surface area contributed by atoms with Gasteiger partial charge in [0, 0.05) is 33.7 Å². The molecule has 1 atom stereocenters. The SMILES string of the molecule is CN1CCN(N(C)C)C(C=O)C1. The van der Waals surface area contributed by atoms with E-state index in [9.17, 15) is 4.79 Å². The molecule has 0 saturated carbocycles. The summed E-state index contributed by atoms with van der Waals surface area (Å²) in [5.41, 5.74) is 0. The van der Waals surface area contributed by atoms with E-state index < -0.39 is 0 Å². The van der Waals surface area contributed by atoms with E-state index in [-0.39, 0.29) is 6.04 Å². The van der Waals surface area contributed by atoms with E-state index in [1.165, 1.54) is 0 Å². The van der Waals surface area contributed by atoms with Gasteiger partial charge in [-0.15, -0.1) is 0 Å². The second-order valence-electron chi connectivity index (χ2n) is 3.48. The van der Waals surface area contributed by atoms with Gasteiger partial charge in [-0.1, -0.05) is 0 Å². The Balaban J connectivity index is 2.56. The molecule has 0 aliphatic carbocycles. The molecule has 1 aliphatic heterocycles. The lowest BCUT2D eigenvalue weighted by atomic mass is 10.2. The summed E-state index contributed by atoms with van der Waals surface area (Å²) in [5, 5.41) is 4.08. The molecular weight excluding hydrogens is 154 g/mol. The Bertz CT molecular complexity index is 160. The van der Waals surface area contributed by atoms with Crippen molar-refractivity contribution in [1.29, 1.82) is 0 Å². The number of aldehydes is 1. The summed E-state index contributed by atoms with van der Waals surface area (Å²) < 4.78 is 0. The fraction of sp³-hybridized carbons (Fsp3) is 0.875. The van der Waals surface area contributed by atoms with Crippen LogP contribution >= 0.6 is 0 Å². The topological polar surface area (TPSA) is 26.8 Å². The van der Waals surface area contributed by atoms with Gasteiger partial charge in [0.05, 0.1) is 6.04 Å². The van der Waals surface area contributed by atoms with Crippen molar-refractivity contribution in [3.05, 3.63) is 0 Å². The third-order valence-corrected chi connectivity index (χ3v) is 2.26. The van der Waals surface area contributed by atoms with E-state index in [0.717, 1.165) is 25.9 Å². The van der Waals surface area contributed by atoms with Crippen LogP contribution in [0.25, 0.3) is 0 Å². The van der Waals surface area contributed by atoms with Gasteiger partial charge in [-0.3, -0.25) is 0 Å². The summed E-state index contributed by atoms with van der Waals surface area (Å²) >= 11 is 0. The first kappa shape index (κ1) is 9.64. The number of rotatable bonds is 2. The molecule has 0 aromatic carbocycles. The lowest BCUT2D eigenvalue weighted by Gasteiger charge is -2.40. The standard InChI is InChI=1S/C8H17N3O/c1-9(2)11-5-4-10(3)6-8(11)7-12/h7-8H,4-6H2,1-3H3. The van der Waals surface area contributed by atoms with E-state index in [0.29, 0.717) is 0 Å². The monoisotopic (exact) mass is 171 g/mol. The largest absolute Gasteiger partial charge is 0.303 e. The van der Waals surface area contributed by atoms with E-state index >= 15 is 0 Å². The van der Waals surface area contributed by atoms with Crippen LogP contribution in [0.2, 0.25) is 0 Å².